The molecule has 6 heteroatoms. The summed E-state index contributed by atoms with van der Waals surface area (Å²) < 4.78 is 0. The summed E-state index contributed by atoms with van der Waals surface area (Å²) in [5.74, 6) is -0.929. The molecule has 2 heterocycles. The molecule has 2 N–H and O–H groups in total. The molecule has 2 aromatic carbocycles. The third-order valence-corrected chi connectivity index (χ3v) is 7.69. The van der Waals surface area contributed by atoms with Crippen molar-refractivity contribution < 1.29 is 19.8 Å². The Morgan fingerprint density at radius 2 is 1.79 bits per heavy atom. The van der Waals surface area contributed by atoms with E-state index < -0.39 is 11.5 Å². The van der Waals surface area contributed by atoms with Crippen LogP contribution in [0, 0.1) is 5.92 Å². The lowest BCUT2D eigenvalue weighted by Crippen LogP contribution is -2.44. The molecule has 4 rings (SSSR count). The van der Waals surface area contributed by atoms with Crippen molar-refractivity contribution in [2.24, 2.45) is 5.92 Å². The Morgan fingerprint density at radius 3 is 2.54 bits per heavy atom. The van der Waals surface area contributed by atoms with Gasteiger partial charge in [0.25, 0.3) is 5.91 Å². The first-order valence-corrected chi connectivity index (χ1v) is 13.8. The molecule has 6 nitrogen and oxygen atoms in total. The number of hydrogen-bond donors (Lipinski definition) is 2. The van der Waals surface area contributed by atoms with Crippen molar-refractivity contribution in [3.8, 4) is 0 Å². The second-order valence-corrected chi connectivity index (χ2v) is 10.8. The van der Waals surface area contributed by atoms with Crippen molar-refractivity contribution in [2.45, 2.75) is 65.4 Å². The van der Waals surface area contributed by atoms with Crippen LogP contribution in [0.2, 0.25) is 0 Å². The number of nitrogens with zero attached hydrogens (tertiary/aromatic N) is 2. The van der Waals surface area contributed by atoms with Crippen LogP contribution in [0.25, 0.3) is 0 Å². The molecule has 0 spiro atoms. The first-order valence-electron chi connectivity index (χ1n) is 13.8. The highest BCUT2D eigenvalue weighted by atomic mass is 16.3. The van der Waals surface area contributed by atoms with Gasteiger partial charge in [-0.05, 0) is 76.3 Å². The molecule has 39 heavy (non-hydrogen) atoms. The predicted octanol–water partition coefficient (Wildman–Crippen LogP) is 6.10. The van der Waals surface area contributed by atoms with Gasteiger partial charge in [0.2, 0.25) is 5.91 Å². The topological polar surface area (TPSA) is 81.1 Å². The van der Waals surface area contributed by atoms with Crippen LogP contribution in [0.5, 0.6) is 0 Å². The van der Waals surface area contributed by atoms with E-state index in [1.165, 1.54) is 11.1 Å². The van der Waals surface area contributed by atoms with E-state index in [-0.39, 0.29) is 18.4 Å². The second kappa shape index (κ2) is 12.1. The fourth-order valence-electron chi connectivity index (χ4n) is 5.42. The van der Waals surface area contributed by atoms with Gasteiger partial charge in [0.05, 0.1) is 11.4 Å². The molecule has 0 radical (unpaired) electrons. The number of carbonyl (C=O) groups is 2. The van der Waals surface area contributed by atoms with E-state index in [1.807, 2.05) is 43.3 Å². The summed E-state index contributed by atoms with van der Waals surface area (Å²) in [4.78, 5) is 30.3. The maximum Gasteiger partial charge on any atom is 0.264 e. The molecular weight excluding hydrogens is 488 g/mol. The van der Waals surface area contributed by atoms with Crippen LogP contribution in [0.1, 0.15) is 64.5 Å². The van der Waals surface area contributed by atoms with E-state index in [0.29, 0.717) is 42.7 Å². The minimum Gasteiger partial charge on any atom is -0.396 e. The van der Waals surface area contributed by atoms with Gasteiger partial charge in [0, 0.05) is 36.7 Å². The molecule has 206 valence electrons. The van der Waals surface area contributed by atoms with E-state index in [0.717, 1.165) is 24.1 Å². The number of allylic oxidation sites excluding steroid dienone is 3. The number of hydrogen-bond acceptors (Lipinski definition) is 4. The minimum atomic E-state index is -1.79. The first-order chi connectivity index (χ1) is 18.7. The van der Waals surface area contributed by atoms with E-state index >= 15 is 0 Å². The third-order valence-electron chi connectivity index (χ3n) is 7.69. The highest BCUT2D eigenvalue weighted by Gasteiger charge is 2.52. The van der Waals surface area contributed by atoms with Crippen LogP contribution in [-0.4, -0.2) is 35.2 Å². The fourth-order valence-corrected chi connectivity index (χ4v) is 5.42. The van der Waals surface area contributed by atoms with Gasteiger partial charge >= 0.3 is 0 Å². The van der Waals surface area contributed by atoms with Gasteiger partial charge in [0.1, 0.15) is 0 Å². The Hall–Kier alpha value is -3.48. The van der Waals surface area contributed by atoms with Crippen LogP contribution in [0.15, 0.2) is 77.9 Å². The van der Waals surface area contributed by atoms with Gasteiger partial charge in [0.15, 0.2) is 5.60 Å². The molecule has 2 atom stereocenters. The SMILES string of the molecule is CC(C)=CCC/C(C)=C/CN1C(=O)[C@](O)([C@H](C)/C=C/CCO)c2cc(N3C(=O)CCc4ccccc43)ccc21. The average Bonchev–Trinajstić information content (AvgIpc) is 3.13. The summed E-state index contributed by atoms with van der Waals surface area (Å²) in [5, 5.41) is 21.3. The van der Waals surface area contributed by atoms with Gasteiger partial charge in [-0.1, -0.05) is 60.6 Å². The zero-order chi connectivity index (χ0) is 28.2. The Labute approximate surface area is 232 Å². The van der Waals surface area contributed by atoms with Crippen LogP contribution in [0.3, 0.4) is 0 Å². The summed E-state index contributed by atoms with van der Waals surface area (Å²) in [6.07, 6.45) is 11.2. The number of rotatable bonds is 10. The van der Waals surface area contributed by atoms with E-state index in [9.17, 15) is 19.8 Å². The molecule has 0 aliphatic carbocycles. The number of aliphatic hydroxyl groups is 2. The Bertz CT molecular complexity index is 1320. The summed E-state index contributed by atoms with van der Waals surface area (Å²) >= 11 is 0. The van der Waals surface area contributed by atoms with Crippen molar-refractivity contribution in [3.05, 3.63) is 89.0 Å². The lowest BCUT2D eigenvalue weighted by molar-refractivity contribution is -0.139. The summed E-state index contributed by atoms with van der Waals surface area (Å²) in [7, 11) is 0. The van der Waals surface area contributed by atoms with E-state index in [4.69, 9.17) is 0 Å². The lowest BCUT2D eigenvalue weighted by atomic mass is 9.82. The lowest BCUT2D eigenvalue weighted by Gasteiger charge is -2.31. The Kier molecular flexibility index (Phi) is 8.88. The van der Waals surface area contributed by atoms with Gasteiger partial charge in [-0.3, -0.25) is 14.5 Å². The summed E-state index contributed by atoms with van der Waals surface area (Å²) in [6.45, 7) is 8.39. The monoisotopic (exact) mass is 528 g/mol. The van der Waals surface area contributed by atoms with Gasteiger partial charge in [-0.25, -0.2) is 0 Å². The summed E-state index contributed by atoms with van der Waals surface area (Å²) in [5.41, 5.74) is 4.39. The first kappa shape index (κ1) is 28.5. The van der Waals surface area contributed by atoms with Crippen molar-refractivity contribution in [1.29, 1.82) is 0 Å². The largest absolute Gasteiger partial charge is 0.396 e. The van der Waals surface area contributed by atoms with E-state index in [1.54, 1.807) is 28.0 Å². The average molecular weight is 529 g/mol. The molecule has 0 unspecified atom stereocenters. The zero-order valence-electron chi connectivity index (χ0n) is 23.5. The minimum absolute atomic E-state index is 0.00421. The number of aryl methyl sites for hydroxylation is 1. The van der Waals surface area contributed by atoms with Gasteiger partial charge in [-0.15, -0.1) is 0 Å². The fraction of sp³-hybridized carbons (Fsp3) is 0.394. The number of para-hydroxylation sites is 1. The van der Waals surface area contributed by atoms with Crippen molar-refractivity contribution in [3.63, 3.8) is 0 Å². The smallest absolute Gasteiger partial charge is 0.264 e. The number of carbonyl (C=O) groups excluding carboxylic acids is 2. The number of aliphatic hydroxyl groups excluding tert-OH is 1. The quantitative estimate of drug-likeness (QED) is 0.365. The number of anilines is 3. The Morgan fingerprint density at radius 1 is 1.03 bits per heavy atom. The molecule has 0 bridgehead atoms. The molecule has 2 aromatic rings. The highest BCUT2D eigenvalue weighted by molar-refractivity contribution is 6.09. The van der Waals surface area contributed by atoms with Gasteiger partial charge in [-0.2, -0.15) is 0 Å². The molecule has 0 saturated heterocycles. The van der Waals surface area contributed by atoms with Crippen LogP contribution in [-0.2, 0) is 21.6 Å². The van der Waals surface area contributed by atoms with Crippen LogP contribution >= 0.6 is 0 Å². The molecule has 2 amide bonds. The van der Waals surface area contributed by atoms with Crippen molar-refractivity contribution in [2.75, 3.05) is 23.0 Å². The number of benzene rings is 2. The second-order valence-electron chi connectivity index (χ2n) is 10.8. The van der Waals surface area contributed by atoms with Crippen molar-refractivity contribution >= 4 is 28.9 Å². The maximum absolute atomic E-state index is 13.9. The predicted molar refractivity (Wildman–Crippen MR) is 157 cm³/mol. The van der Waals surface area contributed by atoms with E-state index in [2.05, 4.69) is 32.9 Å². The number of amides is 2. The molecule has 0 fully saturated rings. The summed E-state index contributed by atoms with van der Waals surface area (Å²) in [6, 6.07) is 13.4. The molecule has 0 aromatic heterocycles. The third kappa shape index (κ3) is 5.77. The van der Waals surface area contributed by atoms with Crippen molar-refractivity contribution in [1.82, 2.24) is 0 Å². The Balaban J connectivity index is 1.74. The number of fused-ring (bicyclic) bond motifs is 2. The van der Waals surface area contributed by atoms with Crippen LogP contribution in [0.4, 0.5) is 17.1 Å². The normalized spacial score (nSPS) is 19.9. The highest BCUT2D eigenvalue weighted by Crippen LogP contribution is 2.47. The zero-order valence-corrected chi connectivity index (χ0v) is 23.5. The maximum atomic E-state index is 13.9. The standard InChI is InChI=1S/C33H40N2O4/c1-23(2)10-9-11-24(3)19-20-34-30-17-16-27(35-29-14-6-5-13-26(29)15-18-31(35)37)22-28(30)33(39,32(34)38)25(4)12-7-8-21-36/h5-7,10,12-14,16-17,19,22,25,36,39H,8-9,11,15,18,20-21H2,1-4H3/b12-7+,24-19+/t25-,33+/m1/s1. The molecule has 0 saturated carbocycles. The molecular formula is C33H40N2O4. The van der Waals surface area contributed by atoms with Crippen LogP contribution < -0.4 is 9.80 Å². The molecule has 2 aliphatic heterocycles. The molecule has 2 aliphatic rings. The van der Waals surface area contributed by atoms with Gasteiger partial charge < -0.3 is 15.1 Å².